The van der Waals surface area contributed by atoms with Crippen LogP contribution in [0.3, 0.4) is 0 Å². The van der Waals surface area contributed by atoms with Gasteiger partial charge in [-0.2, -0.15) is 0 Å². The van der Waals surface area contributed by atoms with Crippen molar-refractivity contribution in [1.82, 2.24) is 14.9 Å². The highest BCUT2D eigenvalue weighted by Gasteiger charge is 2.22. The normalized spacial score (nSPS) is 12.2. The number of carbonyl (C=O) groups is 1. The summed E-state index contributed by atoms with van der Waals surface area (Å²) < 4.78 is 17.8. The molecule has 0 saturated heterocycles. The number of methoxy groups -OCH3 is 1. The van der Waals surface area contributed by atoms with Crippen LogP contribution in [0.1, 0.15) is 16.8 Å². The lowest BCUT2D eigenvalue weighted by atomic mass is 10.1. The molecule has 1 aliphatic rings. The number of benzene rings is 1. The van der Waals surface area contributed by atoms with Crippen molar-refractivity contribution in [2.24, 2.45) is 0 Å². The van der Waals surface area contributed by atoms with Crippen LogP contribution in [0.4, 0.5) is 0 Å². The van der Waals surface area contributed by atoms with Gasteiger partial charge in [0.15, 0.2) is 11.5 Å². The van der Waals surface area contributed by atoms with Crippen molar-refractivity contribution < 1.29 is 19.0 Å². The zero-order valence-corrected chi connectivity index (χ0v) is 12.2. The second-order valence-corrected chi connectivity index (χ2v) is 4.82. The minimum atomic E-state index is -0.165. The maximum atomic E-state index is 12.2. The summed E-state index contributed by atoms with van der Waals surface area (Å²) in [5, 5.41) is 2.88. The SMILES string of the molecule is COc1cc(C(=O)NCCCn2ccnc2)cc2c1OCO2. The van der Waals surface area contributed by atoms with Crippen LogP contribution in [0.15, 0.2) is 30.9 Å². The van der Waals surface area contributed by atoms with Crippen molar-refractivity contribution in [1.29, 1.82) is 0 Å². The lowest BCUT2D eigenvalue weighted by Gasteiger charge is -2.09. The van der Waals surface area contributed by atoms with Gasteiger partial charge in [-0.15, -0.1) is 0 Å². The van der Waals surface area contributed by atoms with E-state index in [9.17, 15) is 4.79 Å². The van der Waals surface area contributed by atoms with Gasteiger partial charge in [-0.1, -0.05) is 0 Å². The number of nitrogens with zero attached hydrogens (tertiary/aromatic N) is 2. The highest BCUT2D eigenvalue weighted by molar-refractivity contribution is 5.95. The Kier molecular flexibility index (Phi) is 4.13. The van der Waals surface area contributed by atoms with Crippen molar-refractivity contribution in [3.8, 4) is 17.2 Å². The van der Waals surface area contributed by atoms with Gasteiger partial charge in [-0.25, -0.2) is 4.98 Å². The molecule has 1 amide bonds. The number of hydrogen-bond donors (Lipinski definition) is 1. The van der Waals surface area contributed by atoms with Gasteiger partial charge in [0.1, 0.15) is 0 Å². The number of aryl methyl sites for hydroxylation is 1. The molecule has 116 valence electrons. The Labute approximate surface area is 127 Å². The standard InChI is InChI=1S/C15H17N3O4/c1-20-12-7-11(8-13-14(12)22-10-21-13)15(19)17-3-2-5-18-6-4-16-9-18/h4,6-9H,2-3,5,10H2,1H3,(H,17,19). The van der Waals surface area contributed by atoms with Gasteiger partial charge in [0.05, 0.1) is 13.4 Å². The quantitative estimate of drug-likeness (QED) is 0.817. The molecule has 1 aliphatic heterocycles. The molecule has 0 spiro atoms. The van der Waals surface area contributed by atoms with Gasteiger partial charge in [-0.3, -0.25) is 4.79 Å². The third kappa shape index (κ3) is 2.98. The number of ether oxygens (including phenoxy) is 3. The summed E-state index contributed by atoms with van der Waals surface area (Å²) in [6, 6.07) is 3.31. The molecule has 1 aromatic heterocycles. The Hall–Kier alpha value is -2.70. The fourth-order valence-corrected chi connectivity index (χ4v) is 2.25. The van der Waals surface area contributed by atoms with Crippen LogP contribution >= 0.6 is 0 Å². The number of hydrogen-bond acceptors (Lipinski definition) is 5. The van der Waals surface area contributed by atoms with E-state index in [4.69, 9.17) is 14.2 Å². The number of fused-ring (bicyclic) bond motifs is 1. The molecule has 0 aliphatic carbocycles. The van der Waals surface area contributed by atoms with Crippen molar-refractivity contribution in [3.05, 3.63) is 36.4 Å². The third-order valence-electron chi connectivity index (χ3n) is 3.36. The monoisotopic (exact) mass is 303 g/mol. The molecule has 7 heteroatoms. The summed E-state index contributed by atoms with van der Waals surface area (Å²) in [6.07, 6.45) is 6.20. The average molecular weight is 303 g/mol. The van der Waals surface area contributed by atoms with E-state index in [2.05, 4.69) is 10.3 Å². The number of imidazole rings is 1. The van der Waals surface area contributed by atoms with Crippen LogP contribution in [0.25, 0.3) is 0 Å². The maximum Gasteiger partial charge on any atom is 0.251 e. The molecular formula is C15H17N3O4. The maximum absolute atomic E-state index is 12.2. The van der Waals surface area contributed by atoms with Crippen molar-refractivity contribution in [2.75, 3.05) is 20.4 Å². The summed E-state index contributed by atoms with van der Waals surface area (Å²) in [5.74, 6) is 1.41. The first-order valence-electron chi connectivity index (χ1n) is 6.99. The Morgan fingerprint density at radius 1 is 1.45 bits per heavy atom. The van der Waals surface area contributed by atoms with E-state index in [1.54, 1.807) is 24.7 Å². The van der Waals surface area contributed by atoms with Crippen molar-refractivity contribution in [2.45, 2.75) is 13.0 Å². The van der Waals surface area contributed by atoms with E-state index in [0.29, 0.717) is 29.4 Å². The van der Waals surface area contributed by atoms with Gasteiger partial charge < -0.3 is 24.1 Å². The lowest BCUT2D eigenvalue weighted by Crippen LogP contribution is -2.25. The van der Waals surface area contributed by atoms with Crippen molar-refractivity contribution >= 4 is 5.91 Å². The minimum Gasteiger partial charge on any atom is -0.493 e. The summed E-state index contributed by atoms with van der Waals surface area (Å²) in [6.45, 7) is 1.53. The summed E-state index contributed by atoms with van der Waals surface area (Å²) in [4.78, 5) is 16.2. The fourth-order valence-electron chi connectivity index (χ4n) is 2.25. The summed E-state index contributed by atoms with van der Waals surface area (Å²) in [5.41, 5.74) is 0.490. The predicted octanol–water partition coefficient (Wildman–Crippen LogP) is 1.44. The molecule has 1 aromatic carbocycles. The van der Waals surface area contributed by atoms with Crippen LogP contribution in [0.5, 0.6) is 17.2 Å². The first-order valence-corrected chi connectivity index (χ1v) is 6.99. The van der Waals surface area contributed by atoms with E-state index in [0.717, 1.165) is 13.0 Å². The number of amides is 1. The first-order chi connectivity index (χ1) is 10.8. The van der Waals surface area contributed by atoms with Gasteiger partial charge in [0.25, 0.3) is 5.91 Å². The zero-order chi connectivity index (χ0) is 15.4. The molecule has 1 N–H and O–H groups in total. The number of nitrogens with one attached hydrogen (secondary N) is 1. The van der Waals surface area contributed by atoms with Crippen LogP contribution in [-0.4, -0.2) is 35.9 Å². The fraction of sp³-hybridized carbons (Fsp3) is 0.333. The molecule has 7 nitrogen and oxygen atoms in total. The summed E-state index contributed by atoms with van der Waals surface area (Å²) >= 11 is 0. The largest absolute Gasteiger partial charge is 0.493 e. The van der Waals surface area contributed by atoms with E-state index in [1.807, 2.05) is 10.8 Å². The van der Waals surface area contributed by atoms with Gasteiger partial charge in [0, 0.05) is 31.0 Å². The van der Waals surface area contributed by atoms with E-state index < -0.39 is 0 Å². The molecular weight excluding hydrogens is 286 g/mol. The van der Waals surface area contributed by atoms with E-state index >= 15 is 0 Å². The molecule has 0 atom stereocenters. The Bertz CT molecular complexity index is 655. The molecule has 0 saturated carbocycles. The summed E-state index contributed by atoms with van der Waals surface area (Å²) in [7, 11) is 1.53. The number of rotatable bonds is 6. The van der Waals surface area contributed by atoms with Crippen LogP contribution < -0.4 is 19.5 Å². The van der Waals surface area contributed by atoms with Crippen molar-refractivity contribution in [3.63, 3.8) is 0 Å². The average Bonchev–Trinajstić information content (AvgIpc) is 3.21. The highest BCUT2D eigenvalue weighted by atomic mass is 16.7. The molecule has 0 fully saturated rings. The topological polar surface area (TPSA) is 74.6 Å². The second-order valence-electron chi connectivity index (χ2n) is 4.82. The zero-order valence-electron chi connectivity index (χ0n) is 12.2. The van der Waals surface area contributed by atoms with Crippen LogP contribution in [0, 0.1) is 0 Å². The molecule has 3 rings (SSSR count). The van der Waals surface area contributed by atoms with E-state index in [1.165, 1.54) is 7.11 Å². The highest BCUT2D eigenvalue weighted by Crippen LogP contribution is 2.41. The van der Waals surface area contributed by atoms with Crippen LogP contribution in [-0.2, 0) is 6.54 Å². The third-order valence-corrected chi connectivity index (χ3v) is 3.36. The van der Waals surface area contributed by atoms with Gasteiger partial charge >= 0.3 is 0 Å². The Morgan fingerprint density at radius 3 is 3.14 bits per heavy atom. The molecule has 2 aromatic rings. The molecule has 22 heavy (non-hydrogen) atoms. The lowest BCUT2D eigenvalue weighted by molar-refractivity contribution is 0.0952. The number of carbonyl (C=O) groups excluding carboxylic acids is 1. The Morgan fingerprint density at radius 2 is 2.36 bits per heavy atom. The first kappa shape index (κ1) is 14.2. The smallest absolute Gasteiger partial charge is 0.251 e. The number of aromatic nitrogens is 2. The van der Waals surface area contributed by atoms with Gasteiger partial charge in [0.2, 0.25) is 12.5 Å². The second kappa shape index (κ2) is 6.38. The molecule has 0 unspecified atom stereocenters. The molecule has 0 radical (unpaired) electrons. The Balaban J connectivity index is 1.58. The molecule has 2 heterocycles. The van der Waals surface area contributed by atoms with Crippen LogP contribution in [0.2, 0.25) is 0 Å². The van der Waals surface area contributed by atoms with Gasteiger partial charge in [-0.05, 0) is 18.6 Å². The minimum absolute atomic E-state index is 0.141. The van der Waals surface area contributed by atoms with E-state index in [-0.39, 0.29) is 12.7 Å². The predicted molar refractivity (Wildman–Crippen MR) is 78.3 cm³/mol. The molecule has 0 bridgehead atoms.